The number of piperidine rings is 1. The third-order valence-corrected chi connectivity index (χ3v) is 9.11. The number of hydrogen-bond acceptors (Lipinski definition) is 5. The lowest BCUT2D eigenvalue weighted by Crippen LogP contribution is -2.77. The van der Waals surface area contributed by atoms with Gasteiger partial charge >= 0.3 is 0 Å². The fourth-order valence-corrected chi connectivity index (χ4v) is 7.87. The van der Waals surface area contributed by atoms with Gasteiger partial charge in [0.1, 0.15) is 0 Å². The topological polar surface area (TPSA) is 48.0 Å². The van der Waals surface area contributed by atoms with Crippen LogP contribution in [0.5, 0.6) is 11.5 Å². The van der Waals surface area contributed by atoms with Gasteiger partial charge in [0.25, 0.3) is 0 Å². The number of ketones is 1. The Morgan fingerprint density at radius 1 is 1.17 bits per heavy atom. The fourth-order valence-electron chi connectivity index (χ4n) is 7.87. The van der Waals surface area contributed by atoms with Crippen LogP contribution in [-0.2, 0) is 21.4 Å². The van der Waals surface area contributed by atoms with Crippen molar-refractivity contribution >= 4 is 5.78 Å². The summed E-state index contributed by atoms with van der Waals surface area (Å²) in [5, 5.41) is 0. The van der Waals surface area contributed by atoms with Crippen LogP contribution in [0.1, 0.15) is 62.5 Å². The summed E-state index contributed by atoms with van der Waals surface area (Å²) < 4.78 is 18.6. The van der Waals surface area contributed by atoms with Crippen LogP contribution >= 0.6 is 0 Å². The first kappa shape index (κ1) is 19.1. The molecule has 1 spiro atoms. The lowest BCUT2D eigenvalue weighted by Gasteiger charge is -2.64. The van der Waals surface area contributed by atoms with Crippen LogP contribution in [0.25, 0.3) is 0 Å². The number of Topliss-reactive ketones (excluding diaryl/α,β-unsaturated/α-hetero) is 1. The van der Waals surface area contributed by atoms with Crippen LogP contribution in [0.2, 0.25) is 0 Å². The van der Waals surface area contributed by atoms with Crippen molar-refractivity contribution in [2.24, 2.45) is 5.92 Å². The quantitative estimate of drug-likeness (QED) is 0.757. The predicted molar refractivity (Wildman–Crippen MR) is 113 cm³/mol. The van der Waals surface area contributed by atoms with E-state index in [0.29, 0.717) is 12.5 Å². The Morgan fingerprint density at radius 3 is 2.77 bits per heavy atom. The lowest BCUT2D eigenvalue weighted by atomic mass is 9.48. The summed E-state index contributed by atoms with van der Waals surface area (Å²) in [4.78, 5) is 15.9. The minimum absolute atomic E-state index is 0.230. The zero-order valence-corrected chi connectivity index (χ0v) is 18.2. The third-order valence-electron chi connectivity index (χ3n) is 9.11. The van der Waals surface area contributed by atoms with Crippen molar-refractivity contribution in [1.29, 1.82) is 0 Å². The minimum atomic E-state index is -0.434. The number of hydrogen-bond donors (Lipinski definition) is 0. The molecule has 3 aliphatic carbocycles. The summed E-state index contributed by atoms with van der Waals surface area (Å²) in [7, 11) is 3.56. The number of carbonyl (C=O) groups is 1. The van der Waals surface area contributed by atoms with Gasteiger partial charge in [0, 0.05) is 31.7 Å². The van der Waals surface area contributed by atoms with Gasteiger partial charge in [-0.05, 0) is 56.2 Å². The molecule has 4 atom stereocenters. The van der Waals surface area contributed by atoms with Crippen molar-refractivity contribution in [3.05, 3.63) is 23.3 Å². The smallest absolute Gasteiger partial charge is 0.174 e. The maximum absolute atomic E-state index is 13.1. The number of carbonyl (C=O) groups excluding carboxylic acids is 1. The van der Waals surface area contributed by atoms with Crippen LogP contribution in [0.3, 0.4) is 0 Å². The molecular formula is C25H33NO4. The maximum atomic E-state index is 13.1. The Bertz CT molecular complexity index is 878. The van der Waals surface area contributed by atoms with Gasteiger partial charge in [-0.3, -0.25) is 9.69 Å². The molecule has 162 valence electrons. The van der Waals surface area contributed by atoms with E-state index in [-0.39, 0.29) is 16.8 Å². The molecule has 2 aliphatic heterocycles. The summed E-state index contributed by atoms with van der Waals surface area (Å²) in [5.74, 6) is 2.58. The second-order valence-corrected chi connectivity index (χ2v) is 10.1. The molecule has 5 heteroatoms. The molecule has 5 aliphatic rings. The molecular weight excluding hydrogens is 378 g/mol. The van der Waals surface area contributed by atoms with Crippen molar-refractivity contribution in [1.82, 2.24) is 4.90 Å². The van der Waals surface area contributed by atoms with Gasteiger partial charge in [0.05, 0.1) is 18.1 Å². The van der Waals surface area contributed by atoms with E-state index < -0.39 is 6.10 Å². The zero-order chi connectivity index (χ0) is 20.5. The first-order valence-corrected chi connectivity index (χ1v) is 11.8. The molecule has 0 radical (unpaired) electrons. The van der Waals surface area contributed by atoms with Crippen molar-refractivity contribution in [3.8, 4) is 11.5 Å². The van der Waals surface area contributed by atoms with Gasteiger partial charge in [0.2, 0.25) is 0 Å². The van der Waals surface area contributed by atoms with Crippen molar-refractivity contribution in [3.63, 3.8) is 0 Å². The Labute approximate surface area is 179 Å². The highest BCUT2D eigenvalue weighted by Gasteiger charge is 2.74. The van der Waals surface area contributed by atoms with E-state index in [1.807, 2.05) is 13.2 Å². The fraction of sp³-hybridized carbons (Fsp3) is 0.720. The molecule has 6 rings (SSSR count). The van der Waals surface area contributed by atoms with Gasteiger partial charge in [-0.15, -0.1) is 0 Å². The molecule has 2 bridgehead atoms. The number of rotatable bonds is 4. The molecule has 0 amide bonds. The maximum Gasteiger partial charge on any atom is 0.174 e. The number of methoxy groups -OCH3 is 2. The van der Waals surface area contributed by atoms with Crippen LogP contribution < -0.4 is 9.47 Å². The molecule has 30 heavy (non-hydrogen) atoms. The molecule has 3 fully saturated rings. The summed E-state index contributed by atoms with van der Waals surface area (Å²) in [6.07, 6.45) is 9.65. The van der Waals surface area contributed by atoms with E-state index in [1.54, 1.807) is 7.11 Å². The average Bonchev–Trinajstić information content (AvgIpc) is 3.13. The molecule has 0 N–H and O–H groups in total. The molecule has 1 aromatic rings. The van der Waals surface area contributed by atoms with Crippen molar-refractivity contribution in [2.75, 3.05) is 27.3 Å². The molecule has 0 unspecified atom stereocenters. The van der Waals surface area contributed by atoms with Gasteiger partial charge < -0.3 is 14.2 Å². The zero-order valence-electron chi connectivity index (χ0n) is 18.2. The van der Waals surface area contributed by atoms with E-state index >= 15 is 0 Å². The van der Waals surface area contributed by atoms with E-state index in [2.05, 4.69) is 11.0 Å². The molecule has 1 aromatic carbocycles. The molecule has 0 aromatic heterocycles. The van der Waals surface area contributed by atoms with Crippen LogP contribution in [0, 0.1) is 5.92 Å². The minimum Gasteiger partial charge on any atom is -0.493 e. The van der Waals surface area contributed by atoms with Crippen LogP contribution in [-0.4, -0.2) is 55.7 Å². The molecule has 2 heterocycles. The number of nitrogens with zero attached hydrogens (tertiary/aromatic N) is 1. The number of ether oxygens (including phenoxy) is 3. The highest BCUT2D eigenvalue weighted by molar-refractivity contribution is 5.90. The van der Waals surface area contributed by atoms with Crippen molar-refractivity contribution < 1.29 is 19.0 Å². The van der Waals surface area contributed by atoms with Crippen molar-refractivity contribution in [2.45, 2.75) is 80.9 Å². The van der Waals surface area contributed by atoms with E-state index in [9.17, 15) is 4.79 Å². The lowest BCUT2D eigenvalue weighted by molar-refractivity contribution is -0.203. The number of benzene rings is 1. The second-order valence-electron chi connectivity index (χ2n) is 10.1. The number of likely N-dealkylation sites (tertiary alicyclic amines) is 1. The summed E-state index contributed by atoms with van der Waals surface area (Å²) in [6, 6.07) is 4.54. The molecule has 5 nitrogen and oxygen atoms in total. The summed E-state index contributed by atoms with van der Waals surface area (Å²) in [5.41, 5.74) is 1.81. The van der Waals surface area contributed by atoms with Gasteiger partial charge in [-0.1, -0.05) is 25.3 Å². The third kappa shape index (κ3) is 2.23. The Morgan fingerprint density at radius 2 is 2.00 bits per heavy atom. The average molecular weight is 412 g/mol. The van der Waals surface area contributed by atoms with E-state index in [1.165, 1.54) is 49.8 Å². The van der Waals surface area contributed by atoms with E-state index in [4.69, 9.17) is 14.2 Å². The van der Waals surface area contributed by atoms with Crippen LogP contribution in [0.15, 0.2) is 12.1 Å². The molecule has 2 saturated carbocycles. The van der Waals surface area contributed by atoms with Gasteiger partial charge in [-0.2, -0.15) is 0 Å². The Hall–Kier alpha value is -1.59. The van der Waals surface area contributed by atoms with Crippen LogP contribution in [0.4, 0.5) is 0 Å². The monoisotopic (exact) mass is 411 g/mol. The highest BCUT2D eigenvalue weighted by Crippen LogP contribution is 2.66. The summed E-state index contributed by atoms with van der Waals surface area (Å²) >= 11 is 0. The Kier molecular flexibility index (Phi) is 4.27. The second kappa shape index (κ2) is 6.70. The standard InChI is InChI=1S/C25H33NO4/c1-28-19-9-8-17-14-20-25(29-2)11-10-18(27)23-24(25,21(17)22(19)30-23)12-13-26(20)15-16-6-4-3-5-7-16/h8-9,16,20,23H,3-7,10-15H2,1-2H3/t20-,23+,24+,25-/m1/s1. The summed E-state index contributed by atoms with van der Waals surface area (Å²) in [6.45, 7) is 2.19. The first-order chi connectivity index (χ1) is 14.6. The Balaban J connectivity index is 1.48. The van der Waals surface area contributed by atoms with E-state index in [0.717, 1.165) is 43.2 Å². The van der Waals surface area contributed by atoms with Gasteiger partial charge in [-0.25, -0.2) is 0 Å². The molecule has 1 saturated heterocycles. The largest absolute Gasteiger partial charge is 0.493 e. The first-order valence-electron chi connectivity index (χ1n) is 11.8. The van der Waals surface area contributed by atoms with Gasteiger partial charge in [0.15, 0.2) is 23.4 Å². The predicted octanol–water partition coefficient (Wildman–Crippen LogP) is 3.65. The normalized spacial score (nSPS) is 37.6. The highest BCUT2D eigenvalue weighted by atomic mass is 16.5. The SMILES string of the molecule is COc1ccc2c3c1O[C@H]1C(=O)CC[C@@]4(OC)[C@@H](C2)N(CC2CCCCC2)CC[C@]314.